The van der Waals surface area contributed by atoms with Crippen LogP contribution in [-0.4, -0.2) is 49.5 Å². The fourth-order valence-corrected chi connectivity index (χ4v) is 5.08. The van der Waals surface area contributed by atoms with E-state index in [0.29, 0.717) is 33.4 Å². The molecule has 13 heteroatoms. The number of piperidine rings is 1. The Bertz CT molecular complexity index is 1270. The number of thiazole rings is 1. The zero-order chi connectivity index (χ0) is 26.0. The smallest absolute Gasteiger partial charge is 0.262 e. The lowest BCUT2D eigenvalue weighted by molar-refractivity contribution is -0.0244. The molecule has 0 radical (unpaired) electrons. The molecule has 2 atom stereocenters. The summed E-state index contributed by atoms with van der Waals surface area (Å²) in [7, 11) is -1.35. The van der Waals surface area contributed by atoms with Crippen molar-refractivity contribution >= 4 is 34.0 Å². The van der Waals surface area contributed by atoms with Crippen molar-refractivity contribution in [2.24, 2.45) is 0 Å². The van der Waals surface area contributed by atoms with Crippen LogP contribution in [0, 0.1) is 19.7 Å². The average Bonchev–Trinajstić information content (AvgIpc) is 3.16. The number of hydrogen-bond acceptors (Lipinski definition) is 8. The third kappa shape index (κ3) is 6.31. The molecule has 3 N–H and O–H groups in total. The first-order valence-electron chi connectivity index (χ1n) is 11.3. The van der Waals surface area contributed by atoms with Gasteiger partial charge < -0.3 is 20.1 Å². The summed E-state index contributed by atoms with van der Waals surface area (Å²) in [5.41, 5.74) is 1.53. The fourth-order valence-electron chi connectivity index (χ4n) is 3.59. The molecule has 0 aliphatic carbocycles. The second-order valence-electron chi connectivity index (χ2n) is 8.81. The van der Waals surface area contributed by atoms with Crippen molar-refractivity contribution in [1.82, 2.24) is 20.3 Å². The van der Waals surface area contributed by atoms with Crippen LogP contribution in [0.25, 0.3) is 10.6 Å². The molecule has 3 heterocycles. The fraction of sp³-hybridized carbons (Fsp3) is 0.435. The maximum atomic E-state index is 14.9. The number of hydrogen-bond donors (Lipinski definition) is 3. The van der Waals surface area contributed by atoms with E-state index >= 15 is 0 Å². The Kier molecular flexibility index (Phi) is 7.81. The monoisotopic (exact) mass is 540 g/mol. The van der Waals surface area contributed by atoms with Crippen LogP contribution in [0.4, 0.5) is 24.8 Å². The molecule has 0 saturated carbocycles. The van der Waals surface area contributed by atoms with Gasteiger partial charge >= 0.3 is 0 Å². The Hall–Kier alpha value is -2.77. The molecule has 2 aromatic heterocycles. The number of aryl methyl sites for hydroxylation is 2. The van der Waals surface area contributed by atoms with Crippen molar-refractivity contribution in [1.29, 1.82) is 0 Å². The number of aromatic nitrogens is 3. The third-order valence-electron chi connectivity index (χ3n) is 5.37. The molecule has 1 fully saturated rings. The van der Waals surface area contributed by atoms with Crippen LogP contribution in [0.2, 0.25) is 0 Å². The molecule has 0 bridgehead atoms. The highest BCUT2D eigenvalue weighted by Crippen LogP contribution is 2.39. The quantitative estimate of drug-likeness (QED) is 0.368. The maximum absolute atomic E-state index is 14.9. The van der Waals surface area contributed by atoms with E-state index in [1.165, 1.54) is 29.7 Å². The lowest BCUT2D eigenvalue weighted by Gasteiger charge is -2.30. The first-order valence-corrected chi connectivity index (χ1v) is 13.3. The van der Waals surface area contributed by atoms with Crippen molar-refractivity contribution in [3.8, 4) is 22.2 Å². The van der Waals surface area contributed by atoms with Crippen molar-refractivity contribution < 1.29 is 22.1 Å². The molecule has 1 aliphatic heterocycles. The highest BCUT2D eigenvalue weighted by Gasteiger charge is 2.36. The number of anilines is 2. The molecule has 8 nitrogen and oxygen atoms in total. The first-order chi connectivity index (χ1) is 17.0. The van der Waals surface area contributed by atoms with Gasteiger partial charge in [-0.05, 0) is 45.4 Å². The van der Waals surface area contributed by atoms with Gasteiger partial charge in [-0.1, -0.05) is 0 Å². The summed E-state index contributed by atoms with van der Waals surface area (Å²) < 4.78 is 63.2. The molecular formula is C23H27F3N6O2S2. The Morgan fingerprint density at radius 1 is 1.28 bits per heavy atom. The van der Waals surface area contributed by atoms with Gasteiger partial charge in [-0.25, -0.2) is 32.3 Å². The largest absolute Gasteiger partial charge is 0.434 e. The van der Waals surface area contributed by atoms with Crippen LogP contribution in [0.5, 0.6) is 11.6 Å². The van der Waals surface area contributed by atoms with Gasteiger partial charge in [0, 0.05) is 36.5 Å². The Labute approximate surface area is 213 Å². The lowest BCUT2D eigenvalue weighted by atomic mass is 10.0. The van der Waals surface area contributed by atoms with E-state index < -0.39 is 28.8 Å². The molecule has 4 rings (SSSR count). The molecular weight excluding hydrogens is 513 g/mol. The molecule has 1 aromatic carbocycles. The van der Waals surface area contributed by atoms with Gasteiger partial charge in [0.15, 0.2) is 11.6 Å². The summed E-state index contributed by atoms with van der Waals surface area (Å²) in [4.78, 5) is 13.6. The summed E-state index contributed by atoms with van der Waals surface area (Å²) in [5.74, 6) is -3.12. The second-order valence-corrected chi connectivity index (χ2v) is 11.8. The molecule has 1 saturated heterocycles. The van der Waals surface area contributed by atoms with E-state index in [1.54, 1.807) is 33.8 Å². The normalized spacial score (nSPS) is 18.2. The molecule has 1 aliphatic rings. The molecule has 3 aromatic rings. The molecule has 194 valence electrons. The predicted octanol–water partition coefficient (Wildman–Crippen LogP) is 5.04. The number of alkyl halides is 2. The van der Waals surface area contributed by atoms with Crippen LogP contribution in [0.3, 0.4) is 0 Å². The van der Waals surface area contributed by atoms with Gasteiger partial charge in [0.1, 0.15) is 15.9 Å². The third-order valence-corrected chi connectivity index (χ3v) is 7.62. The van der Waals surface area contributed by atoms with E-state index in [0.717, 1.165) is 0 Å². The van der Waals surface area contributed by atoms with Crippen LogP contribution < -0.4 is 20.1 Å². The van der Waals surface area contributed by atoms with Crippen molar-refractivity contribution in [3.63, 3.8) is 0 Å². The summed E-state index contributed by atoms with van der Waals surface area (Å²) in [6, 6.07) is 3.87. The summed E-state index contributed by atoms with van der Waals surface area (Å²) in [6.45, 7) is 7.15. The van der Waals surface area contributed by atoms with Gasteiger partial charge in [-0.3, -0.25) is 0 Å². The van der Waals surface area contributed by atoms with E-state index in [9.17, 15) is 17.4 Å². The number of rotatable bonds is 8. The van der Waals surface area contributed by atoms with Gasteiger partial charge in [0.05, 0.1) is 22.9 Å². The minimum Gasteiger partial charge on any atom is -0.434 e. The van der Waals surface area contributed by atoms with Crippen molar-refractivity contribution in [2.75, 3.05) is 23.1 Å². The van der Waals surface area contributed by atoms with Gasteiger partial charge in [-0.15, -0.1) is 11.3 Å². The van der Waals surface area contributed by atoms with Gasteiger partial charge in [0.25, 0.3) is 5.92 Å². The number of nitrogens with zero attached hydrogens (tertiary/aromatic N) is 3. The Morgan fingerprint density at radius 2 is 2.06 bits per heavy atom. The topological polar surface area (TPSA) is 101 Å². The van der Waals surface area contributed by atoms with Gasteiger partial charge in [0.2, 0.25) is 11.8 Å². The van der Waals surface area contributed by atoms with Crippen molar-refractivity contribution in [2.45, 2.75) is 51.3 Å². The first kappa shape index (κ1) is 26.3. The minimum atomic E-state index is -2.81. The summed E-state index contributed by atoms with van der Waals surface area (Å²) >= 11 is 1.30. The number of nitrogens with one attached hydrogen (secondary N) is 3. The van der Waals surface area contributed by atoms with E-state index in [4.69, 9.17) is 4.74 Å². The summed E-state index contributed by atoms with van der Waals surface area (Å²) in [6.07, 6.45) is 1.19. The Morgan fingerprint density at radius 3 is 2.78 bits per heavy atom. The van der Waals surface area contributed by atoms with Crippen LogP contribution in [-0.2, 0) is 11.0 Å². The van der Waals surface area contributed by atoms with E-state index in [-0.39, 0.29) is 35.8 Å². The standard InChI is InChI=1S/C23H27F3N6O2S2/c1-12(2)36(33)32-18-8-16(24)19(7-13(18)3)34-21-20(35-14(4)29-21)17-5-6-28-22(31-17)30-15-9-23(25,26)11-27-10-15/h5-8,12,15,27,32H,9-11H2,1-4H3,(H,28,30,31). The zero-order valence-corrected chi connectivity index (χ0v) is 21.8. The van der Waals surface area contributed by atoms with E-state index in [1.807, 2.05) is 0 Å². The number of halogens is 3. The van der Waals surface area contributed by atoms with Crippen LogP contribution in [0.15, 0.2) is 24.4 Å². The highest BCUT2D eigenvalue weighted by atomic mass is 32.2. The maximum Gasteiger partial charge on any atom is 0.262 e. The average molecular weight is 541 g/mol. The van der Waals surface area contributed by atoms with Crippen LogP contribution >= 0.6 is 11.3 Å². The van der Waals surface area contributed by atoms with E-state index in [2.05, 4.69) is 30.3 Å². The Balaban J connectivity index is 1.56. The SMILES string of the molecule is Cc1nc(Oc2cc(C)c(NS(=O)C(C)C)cc2F)c(-c2ccnc(NC3CNCC(F)(F)C3)n2)s1. The minimum absolute atomic E-state index is 0.0390. The lowest BCUT2D eigenvalue weighted by Crippen LogP contribution is -2.49. The number of ether oxygens (including phenoxy) is 1. The zero-order valence-electron chi connectivity index (χ0n) is 20.2. The second kappa shape index (κ2) is 10.7. The van der Waals surface area contributed by atoms with Crippen molar-refractivity contribution in [3.05, 3.63) is 40.8 Å². The summed E-state index contributed by atoms with van der Waals surface area (Å²) in [5, 5.41) is 6.20. The number of benzene rings is 1. The van der Waals surface area contributed by atoms with Gasteiger partial charge in [-0.2, -0.15) is 0 Å². The molecule has 0 amide bonds. The molecule has 2 unspecified atom stereocenters. The van der Waals surface area contributed by atoms with Crippen LogP contribution in [0.1, 0.15) is 30.8 Å². The predicted molar refractivity (Wildman–Crippen MR) is 136 cm³/mol. The highest BCUT2D eigenvalue weighted by molar-refractivity contribution is 7.86. The molecule has 0 spiro atoms. The molecule has 36 heavy (non-hydrogen) atoms.